The number of nitrogens with two attached hydrogens (primary N) is 1. The summed E-state index contributed by atoms with van der Waals surface area (Å²) in [5.41, 5.74) is 8.75. The molecule has 4 N–H and O–H groups in total. The van der Waals surface area contributed by atoms with E-state index in [1.165, 1.54) is 0 Å². The Morgan fingerprint density at radius 1 is 1.58 bits per heavy atom. The van der Waals surface area contributed by atoms with E-state index in [1.54, 1.807) is 6.20 Å². The number of carbonyl (C=O) groups is 1. The molecule has 3 heterocycles. The lowest BCUT2D eigenvalue weighted by atomic mass is 10.1. The van der Waals surface area contributed by atoms with Gasteiger partial charge in [-0.25, -0.2) is 4.98 Å². The van der Waals surface area contributed by atoms with Gasteiger partial charge in [0.25, 0.3) is 0 Å². The van der Waals surface area contributed by atoms with Gasteiger partial charge in [-0.3, -0.25) is 4.79 Å². The molecule has 0 saturated carbocycles. The molecule has 0 radical (unpaired) electrons. The Kier molecular flexibility index (Phi) is 5.10. The number of fused-ring (bicyclic) bond motifs is 1. The van der Waals surface area contributed by atoms with E-state index in [2.05, 4.69) is 36.1 Å². The molecule has 1 atom stereocenters. The predicted molar refractivity (Wildman–Crippen MR) is 101 cm³/mol. The van der Waals surface area contributed by atoms with Gasteiger partial charge in [0.2, 0.25) is 5.91 Å². The number of H-pyrrole nitrogens is 1. The summed E-state index contributed by atoms with van der Waals surface area (Å²) in [6.45, 7) is 5.83. The van der Waals surface area contributed by atoms with Crippen molar-refractivity contribution in [1.82, 2.24) is 9.97 Å². The van der Waals surface area contributed by atoms with E-state index >= 15 is 0 Å². The number of pyridine rings is 1. The third kappa shape index (κ3) is 3.57. The smallest absolute Gasteiger partial charge is 0.224 e. The van der Waals surface area contributed by atoms with Crippen LogP contribution in [-0.4, -0.2) is 35.0 Å². The molecule has 24 heavy (non-hydrogen) atoms. The van der Waals surface area contributed by atoms with E-state index in [4.69, 9.17) is 5.73 Å². The van der Waals surface area contributed by atoms with E-state index in [0.29, 0.717) is 12.3 Å². The molecule has 0 spiro atoms. The van der Waals surface area contributed by atoms with Crippen LogP contribution < -0.4 is 16.0 Å². The van der Waals surface area contributed by atoms with Gasteiger partial charge in [-0.05, 0) is 34.7 Å². The summed E-state index contributed by atoms with van der Waals surface area (Å²) in [5.74, 6) is 0.340. The van der Waals surface area contributed by atoms with E-state index in [1.807, 2.05) is 20.0 Å². The average Bonchev–Trinajstić information content (AvgIpc) is 2.89. The summed E-state index contributed by atoms with van der Waals surface area (Å²) < 4.78 is 0.919. The molecule has 3 rings (SSSR count). The van der Waals surface area contributed by atoms with Crippen LogP contribution in [0.15, 0.2) is 16.9 Å². The lowest BCUT2D eigenvalue weighted by Gasteiger charge is -2.33. The zero-order valence-corrected chi connectivity index (χ0v) is 15.7. The van der Waals surface area contributed by atoms with Crippen molar-refractivity contribution in [2.75, 3.05) is 23.3 Å². The fourth-order valence-electron chi connectivity index (χ4n) is 3.25. The molecule has 1 aliphatic heterocycles. The second-order valence-electron chi connectivity index (χ2n) is 6.88. The second kappa shape index (κ2) is 7.11. The molecule has 0 aromatic carbocycles. The number of nitrogens with one attached hydrogen (secondary N) is 2. The quantitative estimate of drug-likeness (QED) is 0.743. The Hall–Kier alpha value is -1.60. The maximum Gasteiger partial charge on any atom is 0.224 e. The zero-order valence-electron chi connectivity index (χ0n) is 14.1. The van der Waals surface area contributed by atoms with E-state index in [0.717, 1.165) is 52.8 Å². The minimum absolute atomic E-state index is 0.0205. The van der Waals surface area contributed by atoms with Crippen LogP contribution in [0, 0.1) is 5.92 Å². The molecule has 7 heteroatoms. The second-order valence-corrected chi connectivity index (χ2v) is 7.73. The number of aromatic amines is 1. The topological polar surface area (TPSA) is 87.0 Å². The average molecular weight is 394 g/mol. The van der Waals surface area contributed by atoms with Crippen molar-refractivity contribution in [3.8, 4) is 0 Å². The molecule has 130 valence electrons. The van der Waals surface area contributed by atoms with Crippen LogP contribution in [-0.2, 0) is 4.79 Å². The number of nitrogens with zero attached hydrogens (tertiary/aromatic N) is 2. The van der Waals surface area contributed by atoms with Crippen LogP contribution in [0.1, 0.15) is 33.1 Å². The van der Waals surface area contributed by atoms with Gasteiger partial charge < -0.3 is 20.9 Å². The van der Waals surface area contributed by atoms with Gasteiger partial charge in [0.15, 0.2) is 0 Å². The monoisotopic (exact) mass is 393 g/mol. The van der Waals surface area contributed by atoms with Gasteiger partial charge in [0.05, 0.1) is 21.2 Å². The Balaban J connectivity index is 1.99. The van der Waals surface area contributed by atoms with Gasteiger partial charge in [0.1, 0.15) is 5.65 Å². The zero-order chi connectivity index (χ0) is 17.3. The summed E-state index contributed by atoms with van der Waals surface area (Å²) in [4.78, 5) is 22.1. The Labute approximate surface area is 150 Å². The summed E-state index contributed by atoms with van der Waals surface area (Å²) in [7, 11) is 0. The maximum absolute atomic E-state index is 12.2. The number of anilines is 2. The lowest BCUT2D eigenvalue weighted by molar-refractivity contribution is -0.116. The number of amides is 1. The molecular formula is C17H24BrN5O. The van der Waals surface area contributed by atoms with Crippen LogP contribution in [0.4, 0.5) is 11.4 Å². The fourth-order valence-corrected chi connectivity index (χ4v) is 3.80. The van der Waals surface area contributed by atoms with Crippen molar-refractivity contribution in [3.05, 3.63) is 16.9 Å². The van der Waals surface area contributed by atoms with Crippen molar-refractivity contribution >= 4 is 44.2 Å². The van der Waals surface area contributed by atoms with Crippen molar-refractivity contribution in [2.45, 2.75) is 39.2 Å². The first kappa shape index (κ1) is 17.2. The molecule has 1 saturated heterocycles. The molecule has 1 fully saturated rings. The van der Waals surface area contributed by atoms with Gasteiger partial charge in [-0.1, -0.05) is 13.8 Å². The Morgan fingerprint density at radius 3 is 3.08 bits per heavy atom. The van der Waals surface area contributed by atoms with E-state index in [9.17, 15) is 4.79 Å². The van der Waals surface area contributed by atoms with Crippen molar-refractivity contribution in [1.29, 1.82) is 0 Å². The Bertz CT molecular complexity index is 742. The van der Waals surface area contributed by atoms with E-state index in [-0.39, 0.29) is 11.9 Å². The van der Waals surface area contributed by atoms with Crippen LogP contribution >= 0.6 is 15.9 Å². The van der Waals surface area contributed by atoms with Crippen LogP contribution in [0.3, 0.4) is 0 Å². The molecular weight excluding hydrogens is 370 g/mol. The molecule has 1 aliphatic rings. The minimum atomic E-state index is 0.0205. The molecule has 2 aromatic rings. The molecule has 6 nitrogen and oxygen atoms in total. The number of halogens is 1. The largest absolute Gasteiger partial charge is 0.368 e. The van der Waals surface area contributed by atoms with E-state index < -0.39 is 0 Å². The summed E-state index contributed by atoms with van der Waals surface area (Å²) >= 11 is 3.63. The summed E-state index contributed by atoms with van der Waals surface area (Å²) in [6.07, 6.45) is 6.23. The van der Waals surface area contributed by atoms with Crippen molar-refractivity contribution < 1.29 is 4.79 Å². The normalized spacial score (nSPS) is 18.4. The van der Waals surface area contributed by atoms with Gasteiger partial charge in [0, 0.05) is 37.9 Å². The molecule has 0 bridgehead atoms. The molecule has 2 aromatic heterocycles. The summed E-state index contributed by atoms with van der Waals surface area (Å²) in [6, 6.07) is 0.173. The number of hydrogen-bond donors (Lipinski definition) is 3. The third-order valence-corrected chi connectivity index (χ3v) is 4.85. The highest BCUT2D eigenvalue weighted by molar-refractivity contribution is 9.10. The lowest BCUT2D eigenvalue weighted by Crippen LogP contribution is -2.43. The number of piperidine rings is 1. The molecule has 1 amide bonds. The van der Waals surface area contributed by atoms with Crippen molar-refractivity contribution in [3.63, 3.8) is 0 Å². The highest BCUT2D eigenvalue weighted by Gasteiger charge is 2.23. The highest BCUT2D eigenvalue weighted by atomic mass is 79.9. The Morgan fingerprint density at radius 2 is 2.38 bits per heavy atom. The number of rotatable bonds is 4. The standard InChI is InChI=1S/C17H24BrN5O/c1-10(2)6-14(24)22-13-8-21-17-15(13)16(12(18)7-20-17)23-5-3-4-11(19)9-23/h7-8,10-11H,3-6,9,19H2,1-2H3,(H,20,21)(H,22,24). The molecule has 0 aliphatic carbocycles. The number of hydrogen-bond acceptors (Lipinski definition) is 4. The number of aromatic nitrogens is 2. The van der Waals surface area contributed by atoms with Gasteiger partial charge in [-0.15, -0.1) is 0 Å². The van der Waals surface area contributed by atoms with Crippen LogP contribution in [0.25, 0.3) is 11.0 Å². The maximum atomic E-state index is 12.2. The number of carbonyl (C=O) groups excluding carboxylic acids is 1. The van der Waals surface area contributed by atoms with Crippen molar-refractivity contribution in [2.24, 2.45) is 11.7 Å². The van der Waals surface area contributed by atoms with Crippen LogP contribution in [0.5, 0.6) is 0 Å². The SMILES string of the molecule is CC(C)CC(=O)Nc1c[nH]c2ncc(Br)c(N3CCCC(N)C3)c12. The van der Waals surface area contributed by atoms with Gasteiger partial charge >= 0.3 is 0 Å². The third-order valence-electron chi connectivity index (χ3n) is 4.27. The first-order chi connectivity index (χ1) is 11.5. The first-order valence-corrected chi connectivity index (χ1v) is 9.21. The highest BCUT2D eigenvalue weighted by Crippen LogP contribution is 2.38. The summed E-state index contributed by atoms with van der Waals surface area (Å²) in [5, 5.41) is 3.97. The molecule has 1 unspecified atom stereocenters. The van der Waals surface area contributed by atoms with Crippen LogP contribution in [0.2, 0.25) is 0 Å². The first-order valence-electron chi connectivity index (χ1n) is 8.41. The fraction of sp³-hybridized carbons (Fsp3) is 0.529. The minimum Gasteiger partial charge on any atom is -0.368 e. The van der Waals surface area contributed by atoms with Gasteiger partial charge in [-0.2, -0.15) is 0 Å². The predicted octanol–water partition coefficient (Wildman–Crippen LogP) is 3.24.